The highest BCUT2D eigenvalue weighted by molar-refractivity contribution is 5.69. The molecule has 0 bridgehead atoms. The average molecular weight is 275 g/mol. The summed E-state index contributed by atoms with van der Waals surface area (Å²) in [7, 11) is 1.27. The summed E-state index contributed by atoms with van der Waals surface area (Å²) in [6.45, 7) is 1.89. The number of rotatable bonds is 5. The van der Waals surface area contributed by atoms with Crippen molar-refractivity contribution < 1.29 is 22.7 Å². The van der Waals surface area contributed by atoms with Crippen LogP contribution < -0.4 is 5.32 Å². The first-order valence-electron chi connectivity index (χ1n) is 5.82. The van der Waals surface area contributed by atoms with Crippen molar-refractivity contribution in [1.29, 1.82) is 0 Å². The van der Waals surface area contributed by atoms with Crippen LogP contribution in [-0.4, -0.2) is 19.6 Å². The van der Waals surface area contributed by atoms with Gasteiger partial charge in [0, 0.05) is 12.6 Å². The van der Waals surface area contributed by atoms with Crippen LogP contribution in [0, 0.1) is 0 Å². The van der Waals surface area contributed by atoms with Crippen molar-refractivity contribution in [2.45, 2.75) is 25.6 Å². The van der Waals surface area contributed by atoms with E-state index < -0.39 is 23.8 Å². The van der Waals surface area contributed by atoms with Gasteiger partial charge in [0.15, 0.2) is 0 Å². The minimum Gasteiger partial charge on any atom is -0.469 e. The van der Waals surface area contributed by atoms with Gasteiger partial charge in [0.2, 0.25) is 0 Å². The first-order chi connectivity index (χ1) is 8.86. The summed E-state index contributed by atoms with van der Waals surface area (Å²) in [4.78, 5) is 10.9. The average Bonchev–Trinajstić information content (AvgIpc) is 2.37. The third-order valence-corrected chi connectivity index (χ3v) is 2.74. The van der Waals surface area contributed by atoms with Crippen LogP contribution in [0.4, 0.5) is 13.2 Å². The molecule has 0 aromatic heterocycles. The summed E-state index contributed by atoms with van der Waals surface area (Å²) in [5.74, 6) is -0.399. The predicted molar refractivity (Wildman–Crippen MR) is 64.5 cm³/mol. The summed E-state index contributed by atoms with van der Waals surface area (Å²) in [5, 5.41) is 2.88. The monoisotopic (exact) mass is 275 g/mol. The number of carbonyl (C=O) groups is 1. The van der Waals surface area contributed by atoms with Crippen molar-refractivity contribution in [1.82, 2.24) is 5.32 Å². The molecule has 1 atom stereocenters. The third-order valence-electron chi connectivity index (χ3n) is 2.74. The molecule has 0 saturated heterocycles. The first-order valence-corrected chi connectivity index (χ1v) is 5.82. The number of halogens is 3. The second-order valence-electron chi connectivity index (χ2n) is 4.09. The number of hydrogen-bond donors (Lipinski definition) is 1. The minimum absolute atomic E-state index is 0.120. The number of alkyl halides is 3. The maximum Gasteiger partial charge on any atom is 0.416 e. The second kappa shape index (κ2) is 6.56. The molecule has 19 heavy (non-hydrogen) atoms. The molecule has 0 heterocycles. The van der Waals surface area contributed by atoms with Crippen molar-refractivity contribution in [2.24, 2.45) is 0 Å². The van der Waals surface area contributed by atoms with Crippen LogP contribution in [0.2, 0.25) is 0 Å². The molecule has 1 aromatic carbocycles. The van der Waals surface area contributed by atoms with Crippen LogP contribution in [0.15, 0.2) is 24.3 Å². The number of carbonyl (C=O) groups excluding carboxylic acids is 1. The largest absolute Gasteiger partial charge is 0.469 e. The SMILES string of the molecule is COC(=O)CCNC(C)c1ccccc1C(F)(F)F. The molecule has 106 valence electrons. The molecular formula is C13H16F3NO2. The predicted octanol–water partition coefficient (Wildman–Crippen LogP) is 2.92. The van der Waals surface area contributed by atoms with E-state index in [9.17, 15) is 18.0 Å². The van der Waals surface area contributed by atoms with E-state index in [0.29, 0.717) is 0 Å². The van der Waals surface area contributed by atoms with E-state index in [4.69, 9.17) is 0 Å². The normalized spacial score (nSPS) is 13.1. The maximum atomic E-state index is 12.8. The third kappa shape index (κ3) is 4.55. The van der Waals surface area contributed by atoms with Crippen LogP contribution in [0.25, 0.3) is 0 Å². The molecule has 0 radical (unpaired) electrons. The van der Waals surface area contributed by atoms with Gasteiger partial charge in [-0.1, -0.05) is 18.2 Å². The minimum atomic E-state index is -4.38. The Morgan fingerprint density at radius 1 is 1.37 bits per heavy atom. The lowest BCUT2D eigenvalue weighted by molar-refractivity contribution is -0.141. The Hall–Kier alpha value is -1.56. The van der Waals surface area contributed by atoms with Crippen molar-refractivity contribution in [2.75, 3.05) is 13.7 Å². The fourth-order valence-electron chi connectivity index (χ4n) is 1.74. The van der Waals surface area contributed by atoms with Gasteiger partial charge in [-0.05, 0) is 18.6 Å². The molecule has 0 aliphatic rings. The number of hydrogen-bond acceptors (Lipinski definition) is 3. The molecule has 3 nitrogen and oxygen atoms in total. The van der Waals surface area contributed by atoms with Crippen molar-refractivity contribution in [3.05, 3.63) is 35.4 Å². The van der Waals surface area contributed by atoms with Gasteiger partial charge in [0.05, 0.1) is 19.1 Å². The highest BCUT2D eigenvalue weighted by Gasteiger charge is 2.33. The lowest BCUT2D eigenvalue weighted by Crippen LogP contribution is -2.24. The van der Waals surface area contributed by atoms with E-state index in [1.54, 1.807) is 13.0 Å². The van der Waals surface area contributed by atoms with Crippen LogP contribution in [0.1, 0.15) is 30.5 Å². The lowest BCUT2D eigenvalue weighted by Gasteiger charge is -2.19. The summed E-state index contributed by atoms with van der Waals surface area (Å²) in [5.41, 5.74) is -0.493. The molecule has 0 fully saturated rings. The van der Waals surface area contributed by atoms with Gasteiger partial charge in [-0.3, -0.25) is 4.79 Å². The van der Waals surface area contributed by atoms with Crippen LogP contribution >= 0.6 is 0 Å². The maximum absolute atomic E-state index is 12.8. The van der Waals surface area contributed by atoms with Gasteiger partial charge in [-0.15, -0.1) is 0 Å². The Morgan fingerprint density at radius 2 is 2.00 bits per heavy atom. The van der Waals surface area contributed by atoms with E-state index in [1.807, 2.05) is 0 Å². The van der Waals surface area contributed by atoms with Crippen molar-refractivity contribution >= 4 is 5.97 Å². The zero-order valence-corrected chi connectivity index (χ0v) is 10.8. The van der Waals surface area contributed by atoms with Gasteiger partial charge < -0.3 is 10.1 Å². The van der Waals surface area contributed by atoms with Crippen LogP contribution in [0.3, 0.4) is 0 Å². The molecule has 0 aliphatic heterocycles. The Kier molecular flexibility index (Phi) is 5.35. The highest BCUT2D eigenvalue weighted by Crippen LogP contribution is 2.34. The van der Waals surface area contributed by atoms with E-state index in [0.717, 1.165) is 6.07 Å². The van der Waals surface area contributed by atoms with E-state index in [-0.39, 0.29) is 18.5 Å². The smallest absolute Gasteiger partial charge is 0.416 e. The summed E-state index contributed by atoms with van der Waals surface area (Å²) >= 11 is 0. The number of benzene rings is 1. The van der Waals surface area contributed by atoms with Gasteiger partial charge in [0.1, 0.15) is 0 Å². The summed E-state index contributed by atoms with van der Waals surface area (Å²) < 4.78 is 42.9. The fraction of sp³-hybridized carbons (Fsp3) is 0.462. The van der Waals surface area contributed by atoms with Crippen molar-refractivity contribution in [3.63, 3.8) is 0 Å². The molecule has 0 amide bonds. The standard InChI is InChI=1S/C13H16F3NO2/c1-9(17-8-7-12(18)19-2)10-5-3-4-6-11(10)13(14,15)16/h3-6,9,17H,7-8H2,1-2H3. The Bertz CT molecular complexity index is 432. The molecule has 1 rings (SSSR count). The van der Waals surface area contributed by atoms with E-state index in [2.05, 4.69) is 10.1 Å². The fourth-order valence-corrected chi connectivity index (χ4v) is 1.74. The molecule has 1 unspecified atom stereocenters. The summed E-state index contributed by atoms with van der Waals surface area (Å²) in [6, 6.07) is 4.89. The molecule has 0 aliphatic carbocycles. The topological polar surface area (TPSA) is 38.3 Å². The quantitative estimate of drug-likeness (QED) is 0.840. The van der Waals surface area contributed by atoms with Crippen molar-refractivity contribution in [3.8, 4) is 0 Å². The van der Waals surface area contributed by atoms with Crippen LogP contribution in [0.5, 0.6) is 0 Å². The lowest BCUT2D eigenvalue weighted by atomic mass is 10.0. The Balaban J connectivity index is 2.72. The van der Waals surface area contributed by atoms with Gasteiger partial charge in [0.25, 0.3) is 0 Å². The van der Waals surface area contributed by atoms with Crippen LogP contribution in [-0.2, 0) is 15.7 Å². The summed E-state index contributed by atoms with van der Waals surface area (Å²) in [6.07, 6.45) is -4.26. The highest BCUT2D eigenvalue weighted by atomic mass is 19.4. The second-order valence-corrected chi connectivity index (χ2v) is 4.09. The van der Waals surface area contributed by atoms with E-state index in [1.165, 1.54) is 19.2 Å². The number of methoxy groups -OCH3 is 1. The Morgan fingerprint density at radius 3 is 2.58 bits per heavy atom. The molecule has 1 aromatic rings. The van der Waals surface area contributed by atoms with Gasteiger partial charge >= 0.3 is 12.1 Å². The Labute approximate surface area is 109 Å². The zero-order chi connectivity index (χ0) is 14.5. The molecule has 6 heteroatoms. The molecule has 0 spiro atoms. The number of ether oxygens (including phenoxy) is 1. The van der Waals surface area contributed by atoms with Gasteiger partial charge in [-0.2, -0.15) is 13.2 Å². The number of nitrogens with one attached hydrogen (secondary N) is 1. The number of esters is 1. The molecule has 0 saturated carbocycles. The first kappa shape index (κ1) is 15.5. The van der Waals surface area contributed by atoms with Gasteiger partial charge in [-0.25, -0.2) is 0 Å². The zero-order valence-electron chi connectivity index (χ0n) is 10.8. The molecule has 1 N–H and O–H groups in total. The van der Waals surface area contributed by atoms with E-state index >= 15 is 0 Å². The molecular weight excluding hydrogens is 259 g/mol.